The van der Waals surface area contributed by atoms with Crippen molar-refractivity contribution in [1.82, 2.24) is 30.0 Å². The van der Waals surface area contributed by atoms with Gasteiger partial charge in [0.15, 0.2) is 5.65 Å². The fourth-order valence-corrected chi connectivity index (χ4v) is 5.40. The predicted molar refractivity (Wildman–Crippen MR) is 126 cm³/mol. The number of carbonyl (C=O) groups is 4. The molecule has 3 aliphatic heterocycles. The van der Waals surface area contributed by atoms with Gasteiger partial charge in [0.05, 0.1) is 11.9 Å². The van der Waals surface area contributed by atoms with E-state index in [-0.39, 0.29) is 31.8 Å². The second-order valence-corrected chi connectivity index (χ2v) is 9.37. The number of carbonyl (C=O) groups excluding carboxylic acids is 4. The smallest absolute Gasteiger partial charge is 0.321 e. The SMILES string of the molecule is O=CON1C(=O)CCC(N2Cc3cc(-c4cc(CN5CCCC5)c5cn[nH]c5n4)ccc3C2=O)C1=O. The predicted octanol–water partition coefficient (Wildman–Crippen LogP) is 1.78. The summed E-state index contributed by atoms with van der Waals surface area (Å²) in [6.07, 6.45) is 4.40. The number of pyridine rings is 1. The number of fused-ring (bicyclic) bond motifs is 2. The molecule has 0 aliphatic carbocycles. The van der Waals surface area contributed by atoms with Crippen LogP contribution in [-0.4, -0.2) is 73.4 Å². The van der Waals surface area contributed by atoms with Crippen molar-refractivity contribution in [2.45, 2.75) is 44.8 Å². The van der Waals surface area contributed by atoms with Gasteiger partial charge in [-0.05, 0) is 61.7 Å². The number of likely N-dealkylation sites (tertiary alicyclic amines) is 1. The number of hydrogen-bond acceptors (Lipinski definition) is 8. The Kier molecular flexibility index (Phi) is 5.48. The maximum Gasteiger partial charge on any atom is 0.321 e. The first kappa shape index (κ1) is 22.4. The molecule has 0 radical (unpaired) electrons. The maximum absolute atomic E-state index is 13.1. The molecule has 11 heteroatoms. The van der Waals surface area contributed by atoms with Gasteiger partial charge in [-0.2, -0.15) is 5.10 Å². The monoisotopic (exact) mass is 488 g/mol. The molecule has 1 aromatic carbocycles. The third-order valence-electron chi connectivity index (χ3n) is 7.20. The second kappa shape index (κ2) is 8.83. The Balaban J connectivity index is 1.29. The lowest BCUT2D eigenvalue weighted by Crippen LogP contribution is -2.54. The van der Waals surface area contributed by atoms with Crippen LogP contribution in [0, 0.1) is 0 Å². The minimum Gasteiger partial charge on any atom is -0.334 e. The number of hydrogen-bond donors (Lipinski definition) is 1. The number of aromatic amines is 1. The molecule has 6 rings (SSSR count). The topological polar surface area (TPSA) is 129 Å². The second-order valence-electron chi connectivity index (χ2n) is 9.37. The summed E-state index contributed by atoms with van der Waals surface area (Å²) in [5, 5.41) is 8.62. The van der Waals surface area contributed by atoms with Crippen LogP contribution in [0.1, 0.15) is 47.2 Å². The van der Waals surface area contributed by atoms with E-state index < -0.39 is 17.9 Å². The molecular weight excluding hydrogens is 464 g/mol. The number of rotatable bonds is 6. The van der Waals surface area contributed by atoms with Crippen molar-refractivity contribution in [2.75, 3.05) is 13.1 Å². The van der Waals surface area contributed by atoms with Crippen molar-refractivity contribution < 1.29 is 24.0 Å². The van der Waals surface area contributed by atoms with Crippen LogP contribution in [0.4, 0.5) is 0 Å². The number of benzene rings is 1. The van der Waals surface area contributed by atoms with E-state index in [1.165, 1.54) is 17.7 Å². The minimum absolute atomic E-state index is 0.00351. The van der Waals surface area contributed by atoms with Crippen LogP contribution in [0.15, 0.2) is 30.5 Å². The van der Waals surface area contributed by atoms with Crippen LogP contribution in [0.5, 0.6) is 0 Å². The first-order chi connectivity index (χ1) is 17.5. The lowest BCUT2D eigenvalue weighted by Gasteiger charge is -2.33. The van der Waals surface area contributed by atoms with Gasteiger partial charge in [0.2, 0.25) is 0 Å². The molecule has 1 atom stereocenters. The number of nitrogens with one attached hydrogen (secondary N) is 1. The normalized spacial score (nSPS) is 20.4. The number of imide groups is 1. The Bertz CT molecular complexity index is 1390. The van der Waals surface area contributed by atoms with Crippen LogP contribution in [0.3, 0.4) is 0 Å². The molecule has 0 spiro atoms. The number of nitrogens with zero attached hydrogens (tertiary/aromatic N) is 5. The first-order valence-electron chi connectivity index (χ1n) is 12.0. The summed E-state index contributed by atoms with van der Waals surface area (Å²) in [4.78, 5) is 61.8. The lowest BCUT2D eigenvalue weighted by molar-refractivity contribution is -0.200. The fourth-order valence-electron chi connectivity index (χ4n) is 5.40. The summed E-state index contributed by atoms with van der Waals surface area (Å²) in [6, 6.07) is 6.74. The average molecular weight is 489 g/mol. The van der Waals surface area contributed by atoms with Crippen LogP contribution >= 0.6 is 0 Å². The van der Waals surface area contributed by atoms with Gasteiger partial charge in [0.25, 0.3) is 17.7 Å². The Morgan fingerprint density at radius 3 is 2.78 bits per heavy atom. The molecule has 3 amide bonds. The van der Waals surface area contributed by atoms with Crippen molar-refractivity contribution in [3.05, 3.63) is 47.2 Å². The van der Waals surface area contributed by atoms with Gasteiger partial charge in [-0.25, -0.2) is 4.98 Å². The van der Waals surface area contributed by atoms with Crippen LogP contribution in [0.2, 0.25) is 0 Å². The average Bonchev–Trinajstić information content (AvgIpc) is 3.63. The minimum atomic E-state index is -0.877. The number of hydroxylamine groups is 2. The zero-order valence-electron chi connectivity index (χ0n) is 19.5. The van der Waals surface area contributed by atoms with Gasteiger partial charge in [-0.15, -0.1) is 5.06 Å². The molecule has 36 heavy (non-hydrogen) atoms. The standard InChI is InChI=1S/C25H24N6O5/c32-14-36-31-22(33)6-5-21(25(31)35)30-13-16-9-15(3-4-18(16)24(30)34)20-10-17(12-29-7-1-2-8-29)19-11-26-28-23(19)27-20/h3-4,9-11,14,21H,1-2,5-8,12-13H2,(H,26,27,28). The summed E-state index contributed by atoms with van der Waals surface area (Å²) in [5.74, 6) is -1.60. The summed E-state index contributed by atoms with van der Waals surface area (Å²) < 4.78 is 0. The van der Waals surface area contributed by atoms with Gasteiger partial charge < -0.3 is 9.74 Å². The highest BCUT2D eigenvalue weighted by Crippen LogP contribution is 2.33. The van der Waals surface area contributed by atoms with E-state index in [2.05, 4.69) is 26.0 Å². The fraction of sp³-hybridized carbons (Fsp3) is 0.360. The first-order valence-corrected chi connectivity index (χ1v) is 12.0. The molecule has 3 aromatic rings. The molecule has 5 heterocycles. The molecule has 0 bridgehead atoms. The Morgan fingerprint density at radius 2 is 1.97 bits per heavy atom. The van der Waals surface area contributed by atoms with Crippen molar-refractivity contribution in [2.24, 2.45) is 0 Å². The molecule has 11 nitrogen and oxygen atoms in total. The van der Waals surface area contributed by atoms with E-state index >= 15 is 0 Å². The molecule has 2 saturated heterocycles. The molecular formula is C25H24N6O5. The van der Waals surface area contributed by atoms with Gasteiger partial charge in [0, 0.05) is 36.0 Å². The number of aromatic nitrogens is 3. The highest BCUT2D eigenvalue weighted by atomic mass is 16.7. The quantitative estimate of drug-likeness (QED) is 0.411. The molecule has 0 saturated carbocycles. The van der Waals surface area contributed by atoms with E-state index in [9.17, 15) is 19.2 Å². The molecule has 1 unspecified atom stereocenters. The largest absolute Gasteiger partial charge is 0.334 e. The maximum atomic E-state index is 13.1. The van der Waals surface area contributed by atoms with Crippen molar-refractivity contribution in [1.29, 1.82) is 0 Å². The van der Waals surface area contributed by atoms with E-state index in [0.717, 1.165) is 47.4 Å². The van der Waals surface area contributed by atoms with Gasteiger partial charge >= 0.3 is 6.47 Å². The van der Waals surface area contributed by atoms with Crippen molar-refractivity contribution in [3.8, 4) is 11.3 Å². The zero-order chi connectivity index (χ0) is 24.8. The third kappa shape index (κ3) is 3.72. The summed E-state index contributed by atoms with van der Waals surface area (Å²) >= 11 is 0. The molecule has 2 aromatic heterocycles. The van der Waals surface area contributed by atoms with Gasteiger partial charge in [-0.1, -0.05) is 6.07 Å². The molecule has 2 fully saturated rings. The molecule has 3 aliphatic rings. The zero-order valence-corrected chi connectivity index (χ0v) is 19.5. The summed E-state index contributed by atoms with van der Waals surface area (Å²) in [6.45, 7) is 3.23. The molecule has 1 N–H and O–H groups in total. The highest BCUT2D eigenvalue weighted by Gasteiger charge is 2.44. The lowest BCUT2D eigenvalue weighted by atomic mass is 10.0. The number of piperidine rings is 1. The van der Waals surface area contributed by atoms with Crippen LogP contribution in [0.25, 0.3) is 22.3 Å². The summed E-state index contributed by atoms with van der Waals surface area (Å²) in [7, 11) is 0. The van der Waals surface area contributed by atoms with E-state index in [4.69, 9.17) is 4.98 Å². The third-order valence-corrected chi connectivity index (χ3v) is 7.20. The highest BCUT2D eigenvalue weighted by molar-refractivity contribution is 6.05. The van der Waals surface area contributed by atoms with E-state index in [1.807, 2.05) is 12.1 Å². The van der Waals surface area contributed by atoms with Crippen molar-refractivity contribution in [3.63, 3.8) is 0 Å². The summed E-state index contributed by atoms with van der Waals surface area (Å²) in [5.41, 5.74) is 4.78. The van der Waals surface area contributed by atoms with Gasteiger partial charge in [0.1, 0.15) is 6.04 Å². The van der Waals surface area contributed by atoms with Crippen LogP contribution in [-0.2, 0) is 32.3 Å². The van der Waals surface area contributed by atoms with Crippen LogP contribution < -0.4 is 0 Å². The van der Waals surface area contributed by atoms with E-state index in [1.54, 1.807) is 12.3 Å². The Hall–Kier alpha value is -4.12. The van der Waals surface area contributed by atoms with E-state index in [0.29, 0.717) is 16.3 Å². The Morgan fingerprint density at radius 1 is 1.14 bits per heavy atom. The molecule has 184 valence electrons. The van der Waals surface area contributed by atoms with Gasteiger partial charge in [-0.3, -0.25) is 29.2 Å². The van der Waals surface area contributed by atoms with Crippen molar-refractivity contribution >= 4 is 35.2 Å². The number of amides is 3. The number of H-pyrrole nitrogens is 1. The Labute approximate surface area is 206 Å².